The maximum atomic E-state index is 10.9. The first-order chi connectivity index (χ1) is 9.15. The molecule has 0 radical (unpaired) electrons. The van der Waals surface area contributed by atoms with E-state index in [4.69, 9.17) is 5.73 Å². The number of benzene rings is 1. The van der Waals surface area contributed by atoms with Crippen molar-refractivity contribution in [2.75, 3.05) is 5.75 Å². The first-order valence-corrected chi connectivity index (χ1v) is 6.67. The van der Waals surface area contributed by atoms with Gasteiger partial charge in [0.1, 0.15) is 5.82 Å². The van der Waals surface area contributed by atoms with E-state index in [0.717, 1.165) is 16.6 Å². The predicted molar refractivity (Wildman–Crippen MR) is 72.9 cm³/mol. The lowest BCUT2D eigenvalue weighted by Gasteiger charge is -2.04. The summed E-state index contributed by atoms with van der Waals surface area (Å²) in [7, 11) is 0. The van der Waals surface area contributed by atoms with Gasteiger partial charge in [-0.1, -0.05) is 23.9 Å². The van der Waals surface area contributed by atoms with Crippen molar-refractivity contribution in [1.82, 2.24) is 19.6 Å². The topological polar surface area (TPSA) is 86.2 Å². The summed E-state index contributed by atoms with van der Waals surface area (Å²) in [6, 6.07) is 7.71. The van der Waals surface area contributed by atoms with E-state index in [1.54, 1.807) is 4.52 Å². The summed E-state index contributed by atoms with van der Waals surface area (Å²) < 4.78 is 1.66. The van der Waals surface area contributed by atoms with Crippen LogP contribution in [-0.2, 0) is 4.79 Å². The van der Waals surface area contributed by atoms with E-state index in [2.05, 4.69) is 15.1 Å². The average molecular weight is 273 g/mol. The Labute approximate surface area is 113 Å². The van der Waals surface area contributed by atoms with Crippen molar-refractivity contribution in [3.8, 4) is 0 Å². The van der Waals surface area contributed by atoms with Gasteiger partial charge >= 0.3 is 0 Å². The van der Waals surface area contributed by atoms with Gasteiger partial charge in [0.05, 0.1) is 11.3 Å². The fourth-order valence-electron chi connectivity index (χ4n) is 1.86. The van der Waals surface area contributed by atoms with Crippen molar-refractivity contribution in [1.29, 1.82) is 0 Å². The average Bonchev–Trinajstić information content (AvgIpc) is 2.77. The summed E-state index contributed by atoms with van der Waals surface area (Å²) in [6.45, 7) is 1.82. The molecule has 0 aliphatic heterocycles. The van der Waals surface area contributed by atoms with Gasteiger partial charge in [-0.05, 0) is 19.1 Å². The molecular weight excluding hydrogens is 262 g/mol. The molecule has 19 heavy (non-hydrogen) atoms. The standard InChI is InChI=1S/C12H11N5OS/c1-7-14-11-8-4-2-3-5-9(8)15-12(17(11)16-7)19-6-10(13)18/h2-5H,6H2,1H3,(H2,13,18). The first-order valence-electron chi connectivity index (χ1n) is 5.68. The Morgan fingerprint density at radius 1 is 1.37 bits per heavy atom. The van der Waals surface area contributed by atoms with Gasteiger partial charge in [0.15, 0.2) is 10.8 Å². The molecule has 3 rings (SSSR count). The van der Waals surface area contributed by atoms with E-state index >= 15 is 0 Å². The number of carbonyl (C=O) groups is 1. The second-order valence-corrected chi connectivity index (χ2v) is 5.00. The summed E-state index contributed by atoms with van der Waals surface area (Å²) in [5.41, 5.74) is 6.74. The Morgan fingerprint density at radius 3 is 2.95 bits per heavy atom. The zero-order valence-corrected chi connectivity index (χ0v) is 11.0. The molecule has 3 aromatic rings. The van der Waals surface area contributed by atoms with Crippen LogP contribution in [0.4, 0.5) is 0 Å². The molecular formula is C12H11N5OS. The smallest absolute Gasteiger partial charge is 0.227 e. The number of primary amides is 1. The van der Waals surface area contributed by atoms with Gasteiger partial charge in [-0.2, -0.15) is 4.52 Å². The lowest BCUT2D eigenvalue weighted by atomic mass is 10.2. The second kappa shape index (κ2) is 4.51. The Hall–Kier alpha value is -2.15. The van der Waals surface area contributed by atoms with Crippen LogP contribution in [0.5, 0.6) is 0 Å². The van der Waals surface area contributed by atoms with Crippen LogP contribution in [0.3, 0.4) is 0 Å². The van der Waals surface area contributed by atoms with Gasteiger partial charge in [0, 0.05) is 5.39 Å². The van der Waals surface area contributed by atoms with Crippen LogP contribution in [0.2, 0.25) is 0 Å². The molecule has 2 aromatic heterocycles. The van der Waals surface area contributed by atoms with Crippen LogP contribution >= 0.6 is 11.8 Å². The van der Waals surface area contributed by atoms with E-state index in [1.807, 2.05) is 31.2 Å². The summed E-state index contributed by atoms with van der Waals surface area (Å²) in [4.78, 5) is 19.8. The number of aryl methyl sites for hydroxylation is 1. The van der Waals surface area contributed by atoms with E-state index in [0.29, 0.717) is 11.0 Å². The van der Waals surface area contributed by atoms with Crippen LogP contribution in [0.25, 0.3) is 16.6 Å². The van der Waals surface area contributed by atoms with Crippen molar-refractivity contribution >= 4 is 34.2 Å². The molecule has 0 saturated carbocycles. The molecule has 0 fully saturated rings. The largest absolute Gasteiger partial charge is 0.369 e. The number of aromatic nitrogens is 4. The van der Waals surface area contributed by atoms with Gasteiger partial charge in [-0.15, -0.1) is 5.10 Å². The van der Waals surface area contributed by atoms with E-state index in [9.17, 15) is 4.79 Å². The minimum Gasteiger partial charge on any atom is -0.369 e. The second-order valence-electron chi connectivity index (χ2n) is 4.06. The number of thioether (sulfide) groups is 1. The van der Waals surface area contributed by atoms with Crippen LogP contribution < -0.4 is 5.73 Å². The third-order valence-corrected chi connectivity index (χ3v) is 3.55. The Balaban J connectivity index is 2.26. The van der Waals surface area contributed by atoms with Crippen LogP contribution in [0, 0.1) is 6.92 Å². The summed E-state index contributed by atoms with van der Waals surface area (Å²) >= 11 is 1.26. The number of nitrogens with zero attached hydrogens (tertiary/aromatic N) is 4. The fourth-order valence-corrected chi connectivity index (χ4v) is 2.55. The highest BCUT2D eigenvalue weighted by Gasteiger charge is 2.12. The minimum absolute atomic E-state index is 0.166. The Bertz CT molecular complexity index is 782. The molecule has 0 aliphatic rings. The number of hydrogen-bond donors (Lipinski definition) is 1. The third-order valence-electron chi connectivity index (χ3n) is 2.60. The van der Waals surface area contributed by atoms with Gasteiger partial charge in [0.2, 0.25) is 5.91 Å². The molecule has 0 bridgehead atoms. The van der Waals surface area contributed by atoms with Gasteiger partial charge in [-0.25, -0.2) is 9.97 Å². The molecule has 0 spiro atoms. The van der Waals surface area contributed by atoms with Crippen molar-refractivity contribution in [3.63, 3.8) is 0 Å². The lowest BCUT2D eigenvalue weighted by Crippen LogP contribution is -2.14. The highest BCUT2D eigenvalue weighted by Crippen LogP contribution is 2.23. The molecule has 0 atom stereocenters. The molecule has 7 heteroatoms. The van der Waals surface area contributed by atoms with Crippen LogP contribution in [-0.4, -0.2) is 31.2 Å². The third kappa shape index (κ3) is 2.12. The van der Waals surface area contributed by atoms with Gasteiger partial charge < -0.3 is 5.73 Å². The van der Waals surface area contributed by atoms with Crippen molar-refractivity contribution in [3.05, 3.63) is 30.1 Å². The first kappa shape index (κ1) is 11.9. The summed E-state index contributed by atoms with van der Waals surface area (Å²) in [6.07, 6.45) is 0. The number of fused-ring (bicyclic) bond motifs is 3. The number of amides is 1. The number of rotatable bonds is 3. The predicted octanol–water partition coefficient (Wildman–Crippen LogP) is 1.16. The Kier molecular flexibility index (Phi) is 2.83. The van der Waals surface area contributed by atoms with Crippen molar-refractivity contribution < 1.29 is 4.79 Å². The maximum absolute atomic E-state index is 10.9. The normalized spacial score (nSPS) is 11.2. The Morgan fingerprint density at radius 2 is 2.16 bits per heavy atom. The SMILES string of the molecule is Cc1nc2c3ccccc3nc(SCC(N)=O)n2n1. The number of carbonyl (C=O) groups excluding carboxylic acids is 1. The summed E-state index contributed by atoms with van der Waals surface area (Å²) in [5.74, 6) is 0.448. The molecule has 1 amide bonds. The number of nitrogens with two attached hydrogens (primary N) is 1. The molecule has 0 unspecified atom stereocenters. The quantitative estimate of drug-likeness (QED) is 0.571. The molecule has 1 aromatic carbocycles. The molecule has 0 saturated heterocycles. The van der Waals surface area contributed by atoms with Crippen molar-refractivity contribution in [2.24, 2.45) is 5.73 Å². The lowest BCUT2D eigenvalue weighted by molar-refractivity contribution is -0.115. The van der Waals surface area contributed by atoms with E-state index in [1.165, 1.54) is 11.8 Å². The van der Waals surface area contributed by atoms with Gasteiger partial charge in [0.25, 0.3) is 0 Å². The highest BCUT2D eigenvalue weighted by atomic mass is 32.2. The maximum Gasteiger partial charge on any atom is 0.227 e. The molecule has 96 valence electrons. The van der Waals surface area contributed by atoms with Gasteiger partial charge in [-0.3, -0.25) is 4.79 Å². The number of hydrogen-bond acceptors (Lipinski definition) is 5. The van der Waals surface area contributed by atoms with E-state index < -0.39 is 0 Å². The molecule has 2 heterocycles. The minimum atomic E-state index is -0.384. The summed E-state index contributed by atoms with van der Waals surface area (Å²) in [5, 5.41) is 5.87. The molecule has 6 nitrogen and oxygen atoms in total. The highest BCUT2D eigenvalue weighted by molar-refractivity contribution is 7.99. The van der Waals surface area contributed by atoms with Crippen molar-refractivity contribution in [2.45, 2.75) is 12.1 Å². The fraction of sp³-hybridized carbons (Fsp3) is 0.167. The zero-order valence-electron chi connectivity index (χ0n) is 10.2. The zero-order chi connectivity index (χ0) is 13.4. The number of para-hydroxylation sites is 1. The van der Waals surface area contributed by atoms with E-state index in [-0.39, 0.29) is 11.7 Å². The molecule has 0 aliphatic carbocycles. The monoisotopic (exact) mass is 273 g/mol. The van der Waals surface area contributed by atoms with Crippen LogP contribution in [0.1, 0.15) is 5.82 Å². The van der Waals surface area contributed by atoms with Crippen LogP contribution in [0.15, 0.2) is 29.4 Å². The molecule has 2 N–H and O–H groups in total.